The highest BCUT2D eigenvalue weighted by molar-refractivity contribution is 5.74. The molecule has 0 amide bonds. The molecule has 0 aliphatic rings. The molecule has 0 unspecified atom stereocenters. The largest absolute Gasteiger partial charge is 0.507 e. The summed E-state index contributed by atoms with van der Waals surface area (Å²) in [5.74, 6) is 0.680. The molecule has 0 atom stereocenters. The zero-order chi connectivity index (χ0) is 21.3. The van der Waals surface area contributed by atoms with E-state index in [4.69, 9.17) is 14.7 Å². The molecule has 0 aliphatic carbocycles. The second-order valence-electron chi connectivity index (χ2n) is 7.08. The Bertz CT molecular complexity index is 1230. The van der Waals surface area contributed by atoms with Crippen LogP contribution < -0.4 is 4.74 Å². The van der Waals surface area contributed by atoms with Gasteiger partial charge in [0.1, 0.15) is 5.75 Å². The third-order valence-electron chi connectivity index (χ3n) is 5.23. The number of para-hydroxylation sites is 1. The summed E-state index contributed by atoms with van der Waals surface area (Å²) in [6, 6.07) is 20.4. The Morgan fingerprint density at radius 2 is 1.17 bits per heavy atom. The predicted molar refractivity (Wildman–Crippen MR) is 118 cm³/mol. The van der Waals surface area contributed by atoms with Crippen molar-refractivity contribution in [3.05, 3.63) is 77.9 Å². The van der Waals surface area contributed by atoms with E-state index in [1.54, 1.807) is 12.1 Å². The quantitative estimate of drug-likeness (QED) is 0.474. The van der Waals surface area contributed by atoms with Gasteiger partial charge in [-0.15, -0.1) is 0 Å². The van der Waals surface area contributed by atoms with E-state index in [1.807, 2.05) is 68.4 Å². The molecular formula is C25H22N2O3. The highest BCUT2D eigenvalue weighted by Crippen LogP contribution is 2.37. The molecule has 150 valence electrons. The van der Waals surface area contributed by atoms with Crippen LogP contribution in [0.15, 0.2) is 66.7 Å². The first kappa shape index (κ1) is 19.5. The third kappa shape index (κ3) is 3.46. The number of benzene rings is 2. The maximum Gasteiger partial charge on any atom is 0.167 e. The molecule has 2 aromatic carbocycles. The van der Waals surface area contributed by atoms with Crippen LogP contribution >= 0.6 is 0 Å². The van der Waals surface area contributed by atoms with Gasteiger partial charge in [-0.1, -0.05) is 24.3 Å². The van der Waals surface area contributed by atoms with Gasteiger partial charge in [0.15, 0.2) is 11.5 Å². The van der Waals surface area contributed by atoms with Gasteiger partial charge in [0.05, 0.1) is 29.9 Å². The van der Waals surface area contributed by atoms with Crippen molar-refractivity contribution in [1.82, 2.24) is 9.97 Å². The number of rotatable bonds is 4. The molecule has 5 heteroatoms. The van der Waals surface area contributed by atoms with Gasteiger partial charge >= 0.3 is 0 Å². The van der Waals surface area contributed by atoms with Crippen molar-refractivity contribution < 1.29 is 14.9 Å². The van der Waals surface area contributed by atoms with Crippen LogP contribution in [-0.4, -0.2) is 27.3 Å². The minimum absolute atomic E-state index is 0.0476. The minimum atomic E-state index is 0.0476. The first-order valence-corrected chi connectivity index (χ1v) is 9.60. The lowest BCUT2D eigenvalue weighted by atomic mass is 10.0. The van der Waals surface area contributed by atoms with Crippen LogP contribution in [0, 0.1) is 13.8 Å². The highest BCUT2D eigenvalue weighted by Gasteiger charge is 2.14. The van der Waals surface area contributed by atoms with Crippen molar-refractivity contribution in [2.75, 3.05) is 7.11 Å². The van der Waals surface area contributed by atoms with Gasteiger partial charge in [0.2, 0.25) is 0 Å². The minimum Gasteiger partial charge on any atom is -0.507 e. The van der Waals surface area contributed by atoms with E-state index < -0.39 is 0 Å². The van der Waals surface area contributed by atoms with Crippen molar-refractivity contribution in [1.29, 1.82) is 0 Å². The third-order valence-corrected chi connectivity index (χ3v) is 5.23. The van der Waals surface area contributed by atoms with Crippen LogP contribution in [-0.2, 0) is 0 Å². The summed E-state index contributed by atoms with van der Waals surface area (Å²) in [5.41, 5.74) is 5.76. The molecule has 0 spiro atoms. The molecule has 4 rings (SSSR count). The van der Waals surface area contributed by atoms with Gasteiger partial charge in [-0.25, -0.2) is 9.97 Å². The van der Waals surface area contributed by atoms with Gasteiger partial charge in [-0.3, -0.25) is 0 Å². The van der Waals surface area contributed by atoms with E-state index in [2.05, 4.69) is 0 Å². The summed E-state index contributed by atoms with van der Waals surface area (Å²) < 4.78 is 5.20. The second-order valence-corrected chi connectivity index (χ2v) is 7.08. The van der Waals surface area contributed by atoms with Crippen molar-refractivity contribution >= 4 is 0 Å². The lowest BCUT2D eigenvalue weighted by Gasteiger charge is -2.11. The number of methoxy groups -OCH3 is 1. The second kappa shape index (κ2) is 7.87. The summed E-state index contributed by atoms with van der Waals surface area (Å²) in [4.78, 5) is 9.42. The molecule has 0 saturated heterocycles. The molecule has 5 nitrogen and oxygen atoms in total. The number of nitrogens with zero attached hydrogens (tertiary/aromatic N) is 2. The number of phenolic OH excluding ortho intramolecular Hbond substituents is 2. The fourth-order valence-electron chi connectivity index (χ4n) is 3.36. The van der Waals surface area contributed by atoms with Crippen LogP contribution in [0.2, 0.25) is 0 Å². The zero-order valence-corrected chi connectivity index (χ0v) is 17.0. The predicted octanol–water partition coefficient (Wildman–Crippen LogP) is 5.51. The van der Waals surface area contributed by atoms with Crippen molar-refractivity contribution in [2.24, 2.45) is 0 Å². The van der Waals surface area contributed by atoms with Crippen LogP contribution in [0.4, 0.5) is 0 Å². The first-order valence-electron chi connectivity index (χ1n) is 9.60. The smallest absolute Gasteiger partial charge is 0.167 e. The number of aromatic nitrogens is 2. The van der Waals surface area contributed by atoms with Crippen LogP contribution in [0.25, 0.3) is 33.9 Å². The summed E-state index contributed by atoms with van der Waals surface area (Å²) >= 11 is 0. The number of hydrogen-bond donors (Lipinski definition) is 2. The Balaban J connectivity index is 1.78. The lowest BCUT2D eigenvalue weighted by Crippen LogP contribution is -1.94. The van der Waals surface area contributed by atoms with E-state index in [1.165, 1.54) is 7.11 Å². The van der Waals surface area contributed by atoms with Crippen molar-refractivity contribution in [3.63, 3.8) is 0 Å². The monoisotopic (exact) mass is 398 g/mol. The SMILES string of the molecule is COc1cccc(-c2cccc(-c3cccc(-c4ccc(C)c(C)c4O)n3)n2)c1O. The standard InChI is InChI=1S/C25H22N2O3/c1-15-13-14-18(24(28)16(15)2)20-9-6-11-22(27-20)21-10-5-8-19(26-21)17-7-4-12-23(30-3)25(17)29/h4-14,28-29H,1-3H3. The Morgan fingerprint density at radius 3 is 1.77 bits per heavy atom. The van der Waals surface area contributed by atoms with E-state index in [-0.39, 0.29) is 11.5 Å². The fraction of sp³-hybridized carbons (Fsp3) is 0.120. The highest BCUT2D eigenvalue weighted by atomic mass is 16.5. The van der Waals surface area contributed by atoms with Crippen molar-refractivity contribution in [2.45, 2.75) is 13.8 Å². The molecule has 0 saturated carbocycles. The Labute approximate surface area is 175 Å². The van der Waals surface area contributed by atoms with E-state index in [0.29, 0.717) is 39.7 Å². The Hall–Kier alpha value is -3.86. The summed E-state index contributed by atoms with van der Waals surface area (Å²) in [5, 5.41) is 21.0. The summed E-state index contributed by atoms with van der Waals surface area (Å²) in [6.45, 7) is 3.86. The fourth-order valence-corrected chi connectivity index (χ4v) is 3.36. The average Bonchev–Trinajstić information content (AvgIpc) is 2.78. The lowest BCUT2D eigenvalue weighted by molar-refractivity contribution is 0.374. The van der Waals surface area contributed by atoms with Gasteiger partial charge in [-0.2, -0.15) is 0 Å². The van der Waals surface area contributed by atoms with Crippen LogP contribution in [0.1, 0.15) is 11.1 Å². The summed E-state index contributed by atoms with van der Waals surface area (Å²) in [6.07, 6.45) is 0. The van der Waals surface area contributed by atoms with E-state index in [0.717, 1.165) is 11.1 Å². The van der Waals surface area contributed by atoms with Gasteiger partial charge in [-0.05, 0) is 67.4 Å². The summed E-state index contributed by atoms with van der Waals surface area (Å²) in [7, 11) is 1.51. The Kier molecular flexibility index (Phi) is 5.11. The number of ether oxygens (including phenoxy) is 1. The molecule has 0 bridgehead atoms. The molecule has 0 fully saturated rings. The molecule has 2 aromatic heterocycles. The maximum atomic E-state index is 10.6. The number of pyridine rings is 2. The van der Waals surface area contributed by atoms with Crippen LogP contribution in [0.5, 0.6) is 17.2 Å². The van der Waals surface area contributed by atoms with Gasteiger partial charge in [0.25, 0.3) is 0 Å². The number of hydrogen-bond acceptors (Lipinski definition) is 5. The molecule has 0 aliphatic heterocycles. The van der Waals surface area contributed by atoms with E-state index in [9.17, 15) is 10.2 Å². The zero-order valence-electron chi connectivity index (χ0n) is 17.0. The molecule has 2 N–H and O–H groups in total. The maximum absolute atomic E-state index is 10.6. The molecule has 0 radical (unpaired) electrons. The number of aryl methyl sites for hydroxylation is 1. The Morgan fingerprint density at radius 1 is 0.633 bits per heavy atom. The molecule has 30 heavy (non-hydrogen) atoms. The molecule has 4 aromatic rings. The molecular weight excluding hydrogens is 376 g/mol. The van der Waals surface area contributed by atoms with Crippen molar-refractivity contribution in [3.8, 4) is 51.2 Å². The topological polar surface area (TPSA) is 75.5 Å². The average molecular weight is 398 g/mol. The van der Waals surface area contributed by atoms with Crippen LogP contribution in [0.3, 0.4) is 0 Å². The van der Waals surface area contributed by atoms with Gasteiger partial charge < -0.3 is 14.9 Å². The van der Waals surface area contributed by atoms with E-state index >= 15 is 0 Å². The first-order chi connectivity index (χ1) is 14.5. The van der Waals surface area contributed by atoms with Gasteiger partial charge in [0, 0.05) is 11.1 Å². The number of aromatic hydroxyl groups is 2. The normalized spacial score (nSPS) is 10.8. The molecule has 2 heterocycles. The number of phenols is 2.